The van der Waals surface area contributed by atoms with Crippen LogP contribution in [0.3, 0.4) is 0 Å². The molecule has 3 nitrogen and oxygen atoms in total. The standard InChI is InChI=1S/C11H13NO.C7H13N.2C2H6/c12-11(13)10-7-3-5-8-4-1-2-6-9(8)10;1-4-8-5-2-7(1)3-6-8;2*1-2/h3,5,7H,1-2,4,6H2,(H2,12,13);7H,1-6H2;2*1-2H3. The first-order chi connectivity index (χ1) is 12.2. The lowest BCUT2D eigenvalue weighted by Gasteiger charge is -2.38. The molecule has 0 unspecified atom stereocenters. The van der Waals surface area contributed by atoms with Gasteiger partial charge in [-0.15, -0.1) is 0 Å². The lowest BCUT2D eigenvalue weighted by molar-refractivity contribution is 0.0999. The monoisotopic (exact) mass is 346 g/mol. The number of primary amides is 1. The highest BCUT2D eigenvalue weighted by Gasteiger charge is 2.24. The molecule has 5 rings (SSSR count). The van der Waals surface area contributed by atoms with E-state index in [-0.39, 0.29) is 5.91 Å². The number of rotatable bonds is 1. The van der Waals surface area contributed by atoms with Crippen LogP contribution < -0.4 is 5.73 Å². The molecule has 0 spiro atoms. The minimum atomic E-state index is -0.293. The van der Waals surface area contributed by atoms with Gasteiger partial charge in [-0.05, 0) is 87.7 Å². The van der Waals surface area contributed by atoms with Crippen LogP contribution in [0, 0.1) is 5.92 Å². The lowest BCUT2D eigenvalue weighted by Crippen LogP contribution is -2.41. The smallest absolute Gasteiger partial charge is 0.248 e. The minimum absolute atomic E-state index is 0.293. The summed E-state index contributed by atoms with van der Waals surface area (Å²) in [5.41, 5.74) is 8.51. The van der Waals surface area contributed by atoms with Crippen LogP contribution in [0.25, 0.3) is 0 Å². The molecule has 3 fully saturated rings. The Bertz CT molecular complexity index is 482. The minimum Gasteiger partial charge on any atom is -0.366 e. The summed E-state index contributed by atoms with van der Waals surface area (Å²) in [5, 5.41) is 0. The van der Waals surface area contributed by atoms with Crippen LogP contribution in [0.1, 0.15) is 81.3 Å². The Labute approximate surface area is 155 Å². The molecule has 1 aromatic carbocycles. The molecule has 3 heteroatoms. The molecule has 1 amide bonds. The Hall–Kier alpha value is -1.35. The average molecular weight is 347 g/mol. The zero-order chi connectivity index (χ0) is 18.7. The Morgan fingerprint density at radius 2 is 1.52 bits per heavy atom. The molecule has 142 valence electrons. The van der Waals surface area contributed by atoms with Gasteiger partial charge in [0.05, 0.1) is 0 Å². The Morgan fingerprint density at radius 3 is 1.96 bits per heavy atom. The van der Waals surface area contributed by atoms with E-state index in [2.05, 4.69) is 11.0 Å². The van der Waals surface area contributed by atoms with E-state index in [1.807, 2.05) is 39.8 Å². The van der Waals surface area contributed by atoms with Gasteiger partial charge in [0.2, 0.25) is 5.91 Å². The van der Waals surface area contributed by atoms with Gasteiger partial charge in [-0.3, -0.25) is 4.79 Å². The molecule has 0 aromatic heterocycles. The fourth-order valence-corrected chi connectivity index (χ4v) is 3.88. The number of hydrogen-bond donors (Lipinski definition) is 1. The number of fused-ring (bicyclic) bond motifs is 4. The van der Waals surface area contributed by atoms with Crippen LogP contribution in [0.2, 0.25) is 0 Å². The lowest BCUT2D eigenvalue weighted by atomic mass is 9.88. The van der Waals surface area contributed by atoms with Crippen molar-refractivity contribution < 1.29 is 4.79 Å². The Morgan fingerprint density at radius 1 is 0.960 bits per heavy atom. The zero-order valence-corrected chi connectivity index (χ0v) is 16.8. The summed E-state index contributed by atoms with van der Waals surface area (Å²) in [4.78, 5) is 13.7. The van der Waals surface area contributed by atoms with Crippen molar-refractivity contribution in [1.82, 2.24) is 4.90 Å². The highest BCUT2D eigenvalue weighted by atomic mass is 16.1. The van der Waals surface area contributed by atoms with E-state index in [1.54, 1.807) is 0 Å². The number of benzene rings is 1. The first-order valence-electron chi connectivity index (χ1n) is 10.4. The normalized spacial score (nSPS) is 22.7. The molecule has 1 aliphatic carbocycles. The van der Waals surface area contributed by atoms with Crippen LogP contribution >= 0.6 is 0 Å². The summed E-state index contributed by atoms with van der Waals surface area (Å²) in [6.45, 7) is 12.2. The highest BCUT2D eigenvalue weighted by molar-refractivity contribution is 5.94. The molecule has 0 atom stereocenters. The van der Waals surface area contributed by atoms with E-state index in [1.165, 1.54) is 62.9 Å². The van der Waals surface area contributed by atoms with Gasteiger partial charge in [0.25, 0.3) is 0 Å². The molecule has 3 heterocycles. The predicted molar refractivity (Wildman–Crippen MR) is 108 cm³/mol. The van der Waals surface area contributed by atoms with Gasteiger partial charge < -0.3 is 10.6 Å². The fraction of sp³-hybridized carbons (Fsp3) is 0.682. The van der Waals surface area contributed by atoms with Crippen molar-refractivity contribution in [3.05, 3.63) is 34.9 Å². The van der Waals surface area contributed by atoms with Crippen molar-refractivity contribution in [2.75, 3.05) is 19.6 Å². The van der Waals surface area contributed by atoms with Gasteiger partial charge in [-0.1, -0.05) is 39.8 Å². The summed E-state index contributed by atoms with van der Waals surface area (Å²) in [6, 6.07) is 5.84. The molecular formula is C22H38N2O. The maximum Gasteiger partial charge on any atom is 0.248 e. The molecule has 0 radical (unpaired) electrons. The van der Waals surface area contributed by atoms with E-state index >= 15 is 0 Å². The molecule has 25 heavy (non-hydrogen) atoms. The molecule has 0 saturated carbocycles. The van der Waals surface area contributed by atoms with Crippen LogP contribution in [-0.2, 0) is 12.8 Å². The first kappa shape index (κ1) is 21.7. The quantitative estimate of drug-likeness (QED) is 0.792. The summed E-state index contributed by atoms with van der Waals surface area (Å²) < 4.78 is 0. The van der Waals surface area contributed by atoms with Crippen LogP contribution in [-0.4, -0.2) is 30.4 Å². The van der Waals surface area contributed by atoms with Gasteiger partial charge in [-0.2, -0.15) is 0 Å². The molecule has 4 aliphatic rings. The predicted octanol–water partition coefficient (Wildman–Crippen LogP) is 4.82. The topological polar surface area (TPSA) is 46.3 Å². The van der Waals surface area contributed by atoms with Crippen molar-refractivity contribution in [2.24, 2.45) is 11.7 Å². The molecule has 2 bridgehead atoms. The SMILES string of the molecule is C1CN2CCC1CC2.CC.CC.NC(=O)c1cccc2c1CCCC2. The highest BCUT2D eigenvalue weighted by Crippen LogP contribution is 2.26. The van der Waals surface area contributed by atoms with Crippen molar-refractivity contribution in [1.29, 1.82) is 0 Å². The molecule has 3 aliphatic heterocycles. The van der Waals surface area contributed by atoms with E-state index in [0.29, 0.717) is 0 Å². The van der Waals surface area contributed by atoms with E-state index in [9.17, 15) is 4.79 Å². The van der Waals surface area contributed by atoms with Gasteiger partial charge in [-0.25, -0.2) is 0 Å². The number of nitrogens with zero attached hydrogens (tertiary/aromatic N) is 1. The van der Waals surface area contributed by atoms with E-state index < -0.39 is 0 Å². The van der Waals surface area contributed by atoms with Crippen molar-refractivity contribution >= 4 is 5.91 Å². The first-order valence-corrected chi connectivity index (χ1v) is 10.4. The van der Waals surface area contributed by atoms with Crippen molar-refractivity contribution in [2.45, 2.75) is 72.6 Å². The largest absolute Gasteiger partial charge is 0.366 e. The maximum absolute atomic E-state index is 11.1. The maximum atomic E-state index is 11.1. The molecule has 2 N–H and O–H groups in total. The van der Waals surface area contributed by atoms with E-state index in [4.69, 9.17) is 5.73 Å². The molecule has 1 aromatic rings. The summed E-state index contributed by atoms with van der Waals surface area (Å²) in [5.74, 6) is 0.818. The number of nitrogens with two attached hydrogens (primary N) is 1. The fourth-order valence-electron chi connectivity index (χ4n) is 3.88. The second-order valence-electron chi connectivity index (χ2n) is 6.59. The van der Waals surface area contributed by atoms with E-state index in [0.717, 1.165) is 24.3 Å². The number of carbonyl (C=O) groups excluding carboxylic acids is 1. The second kappa shape index (κ2) is 12.1. The third-order valence-electron chi connectivity index (χ3n) is 5.22. The van der Waals surface area contributed by atoms with Crippen LogP contribution in [0.4, 0.5) is 0 Å². The number of amides is 1. The number of piperidine rings is 3. The van der Waals surface area contributed by atoms with Gasteiger partial charge in [0, 0.05) is 5.56 Å². The Kier molecular flexibility index (Phi) is 10.5. The number of aryl methyl sites for hydroxylation is 1. The zero-order valence-electron chi connectivity index (χ0n) is 16.8. The molecular weight excluding hydrogens is 308 g/mol. The summed E-state index contributed by atoms with van der Waals surface area (Å²) in [7, 11) is 0. The van der Waals surface area contributed by atoms with Crippen molar-refractivity contribution in [3.63, 3.8) is 0 Å². The van der Waals surface area contributed by atoms with Gasteiger partial charge in [0.15, 0.2) is 0 Å². The average Bonchev–Trinajstić information content (AvgIpc) is 2.72. The third kappa shape index (κ3) is 6.47. The number of carbonyl (C=O) groups is 1. The third-order valence-corrected chi connectivity index (χ3v) is 5.22. The van der Waals surface area contributed by atoms with Gasteiger partial charge >= 0.3 is 0 Å². The summed E-state index contributed by atoms with van der Waals surface area (Å²) in [6.07, 6.45) is 8.97. The Balaban J connectivity index is 0.000000223. The van der Waals surface area contributed by atoms with Crippen molar-refractivity contribution in [3.8, 4) is 0 Å². The van der Waals surface area contributed by atoms with Gasteiger partial charge in [0.1, 0.15) is 0 Å². The van der Waals surface area contributed by atoms with Crippen LogP contribution in [0.5, 0.6) is 0 Å². The second-order valence-corrected chi connectivity index (χ2v) is 6.59. The summed E-state index contributed by atoms with van der Waals surface area (Å²) >= 11 is 0. The van der Waals surface area contributed by atoms with Crippen LogP contribution in [0.15, 0.2) is 18.2 Å². The molecule has 3 saturated heterocycles. The number of hydrogen-bond acceptors (Lipinski definition) is 2.